The maximum atomic E-state index is 12.7. The highest BCUT2D eigenvalue weighted by atomic mass is 35.5. The molecule has 0 aliphatic heterocycles. The molecule has 0 saturated carbocycles. The summed E-state index contributed by atoms with van der Waals surface area (Å²) in [6.07, 6.45) is 1.45. The summed E-state index contributed by atoms with van der Waals surface area (Å²) in [6.45, 7) is 2.26. The van der Waals surface area contributed by atoms with E-state index in [1.807, 2.05) is 12.3 Å². The zero-order chi connectivity index (χ0) is 15.9. The van der Waals surface area contributed by atoms with Gasteiger partial charge in [0.1, 0.15) is 5.52 Å². The molecule has 0 bridgehead atoms. The van der Waals surface area contributed by atoms with Gasteiger partial charge in [0, 0.05) is 5.38 Å². The van der Waals surface area contributed by atoms with Crippen LogP contribution in [0, 0.1) is 6.92 Å². The van der Waals surface area contributed by atoms with E-state index in [1.165, 1.54) is 35.4 Å². The molecule has 0 amide bonds. The fourth-order valence-corrected chi connectivity index (χ4v) is 3.42. The van der Waals surface area contributed by atoms with Gasteiger partial charge >= 0.3 is 0 Å². The predicted molar refractivity (Wildman–Crippen MR) is 88.5 cm³/mol. The van der Waals surface area contributed by atoms with Crippen LogP contribution in [0.25, 0.3) is 10.9 Å². The molecular weight excluding hydrogens is 345 g/mol. The molecule has 1 aromatic carbocycles. The number of methoxy groups -OCH3 is 1. The van der Waals surface area contributed by atoms with Gasteiger partial charge in [-0.1, -0.05) is 23.2 Å². The van der Waals surface area contributed by atoms with Crippen molar-refractivity contribution in [3.05, 3.63) is 48.9 Å². The number of halogens is 2. The third-order valence-electron chi connectivity index (χ3n) is 3.17. The van der Waals surface area contributed by atoms with Crippen molar-refractivity contribution in [2.75, 3.05) is 7.11 Å². The van der Waals surface area contributed by atoms with Crippen LogP contribution in [0.15, 0.2) is 22.6 Å². The Morgan fingerprint density at radius 3 is 2.77 bits per heavy atom. The lowest BCUT2D eigenvalue weighted by atomic mass is 10.2. The second-order valence-corrected chi connectivity index (χ2v) is 6.51. The molecule has 0 radical (unpaired) electrons. The van der Waals surface area contributed by atoms with Crippen LogP contribution in [0.4, 0.5) is 0 Å². The van der Waals surface area contributed by atoms with Gasteiger partial charge in [0.2, 0.25) is 0 Å². The minimum absolute atomic E-state index is 0.252. The molecule has 0 atom stereocenters. The van der Waals surface area contributed by atoms with Gasteiger partial charge in [0.05, 0.1) is 46.1 Å². The predicted octanol–water partition coefficient (Wildman–Crippen LogP) is 3.53. The molecule has 0 aliphatic carbocycles. The molecule has 0 aliphatic rings. The average molecular weight is 356 g/mol. The number of nitrogens with zero attached hydrogens (tertiary/aromatic N) is 3. The number of fused-ring (bicyclic) bond motifs is 1. The maximum absolute atomic E-state index is 12.7. The number of aromatic nitrogens is 3. The fraction of sp³-hybridized carbons (Fsp3) is 0.214. The van der Waals surface area contributed by atoms with E-state index in [9.17, 15) is 4.79 Å². The first-order valence-corrected chi connectivity index (χ1v) is 7.97. The summed E-state index contributed by atoms with van der Waals surface area (Å²) in [5, 5.41) is 3.72. The third kappa shape index (κ3) is 2.58. The summed E-state index contributed by atoms with van der Waals surface area (Å²) in [4.78, 5) is 21.3. The van der Waals surface area contributed by atoms with Gasteiger partial charge < -0.3 is 4.74 Å². The summed E-state index contributed by atoms with van der Waals surface area (Å²) in [6, 6.07) is 1.49. The first kappa shape index (κ1) is 15.3. The zero-order valence-electron chi connectivity index (χ0n) is 11.8. The van der Waals surface area contributed by atoms with E-state index in [4.69, 9.17) is 27.9 Å². The van der Waals surface area contributed by atoms with E-state index in [0.29, 0.717) is 22.8 Å². The lowest BCUT2D eigenvalue weighted by Crippen LogP contribution is -2.22. The monoisotopic (exact) mass is 355 g/mol. The summed E-state index contributed by atoms with van der Waals surface area (Å²) < 4.78 is 6.69. The first-order chi connectivity index (χ1) is 10.5. The highest BCUT2D eigenvalue weighted by molar-refractivity contribution is 7.09. The van der Waals surface area contributed by atoms with Gasteiger partial charge in [-0.25, -0.2) is 9.97 Å². The average Bonchev–Trinajstić information content (AvgIpc) is 2.87. The Morgan fingerprint density at radius 1 is 1.36 bits per heavy atom. The second-order valence-electron chi connectivity index (χ2n) is 4.63. The normalized spacial score (nSPS) is 11.1. The minimum atomic E-state index is -0.254. The number of thiazole rings is 1. The van der Waals surface area contributed by atoms with Crippen molar-refractivity contribution in [1.82, 2.24) is 14.5 Å². The number of hydrogen-bond donors (Lipinski definition) is 0. The number of aryl methyl sites for hydroxylation is 1. The van der Waals surface area contributed by atoms with Crippen LogP contribution in [0.5, 0.6) is 5.75 Å². The van der Waals surface area contributed by atoms with E-state index < -0.39 is 0 Å². The molecular formula is C14H11Cl2N3O2S. The molecule has 0 unspecified atom stereocenters. The highest BCUT2D eigenvalue weighted by Crippen LogP contribution is 2.35. The summed E-state index contributed by atoms with van der Waals surface area (Å²) in [5.74, 6) is 0.342. The Bertz CT molecular complexity index is 920. The number of ether oxygens (including phenoxy) is 1. The van der Waals surface area contributed by atoms with Crippen LogP contribution in [0.3, 0.4) is 0 Å². The summed E-state index contributed by atoms with van der Waals surface area (Å²) >= 11 is 13.8. The molecule has 0 N–H and O–H groups in total. The zero-order valence-corrected chi connectivity index (χ0v) is 14.1. The summed E-state index contributed by atoms with van der Waals surface area (Å²) in [5.41, 5.74) is 0.911. The number of rotatable bonds is 3. The Hall–Kier alpha value is -1.63. The molecule has 114 valence electrons. The lowest BCUT2D eigenvalue weighted by molar-refractivity contribution is 0.419. The highest BCUT2D eigenvalue weighted by Gasteiger charge is 2.16. The lowest BCUT2D eigenvalue weighted by Gasteiger charge is -2.10. The van der Waals surface area contributed by atoms with Gasteiger partial charge in [-0.05, 0) is 13.0 Å². The van der Waals surface area contributed by atoms with Crippen LogP contribution < -0.4 is 10.3 Å². The molecule has 3 aromatic rings. The second kappa shape index (κ2) is 5.87. The molecule has 8 heteroatoms. The Labute approximate surface area is 140 Å². The van der Waals surface area contributed by atoms with Crippen molar-refractivity contribution in [2.45, 2.75) is 13.5 Å². The van der Waals surface area contributed by atoms with Crippen molar-refractivity contribution >= 4 is 45.4 Å². The molecule has 2 aromatic heterocycles. The fourth-order valence-electron chi connectivity index (χ4n) is 2.20. The largest absolute Gasteiger partial charge is 0.493 e. The Balaban J connectivity index is 2.19. The maximum Gasteiger partial charge on any atom is 0.263 e. The van der Waals surface area contributed by atoms with E-state index in [2.05, 4.69) is 9.97 Å². The topological polar surface area (TPSA) is 57.0 Å². The van der Waals surface area contributed by atoms with E-state index >= 15 is 0 Å². The van der Waals surface area contributed by atoms with Crippen LogP contribution in [-0.4, -0.2) is 21.6 Å². The molecule has 0 spiro atoms. The SMILES string of the molecule is COc1c(Cl)cc(Cl)c2c(=O)n(Cc3csc(C)n3)cnc12. The van der Waals surface area contributed by atoms with Crippen LogP contribution in [0.1, 0.15) is 10.7 Å². The van der Waals surface area contributed by atoms with Gasteiger partial charge in [-0.2, -0.15) is 0 Å². The molecule has 5 nitrogen and oxygen atoms in total. The van der Waals surface area contributed by atoms with Crippen molar-refractivity contribution in [1.29, 1.82) is 0 Å². The van der Waals surface area contributed by atoms with Crippen LogP contribution in [0.2, 0.25) is 10.0 Å². The third-order valence-corrected chi connectivity index (χ3v) is 4.57. The number of benzene rings is 1. The van der Waals surface area contributed by atoms with Crippen molar-refractivity contribution < 1.29 is 4.74 Å². The smallest absolute Gasteiger partial charge is 0.263 e. The number of hydrogen-bond acceptors (Lipinski definition) is 5. The Kier molecular flexibility index (Phi) is 4.08. The standard InChI is InChI=1S/C14H11Cl2N3O2S/c1-7-18-8(5-22-7)4-19-6-17-12-11(14(19)20)9(15)3-10(16)13(12)21-2/h3,5-6H,4H2,1-2H3. The van der Waals surface area contributed by atoms with E-state index in [1.54, 1.807) is 0 Å². The molecule has 2 heterocycles. The van der Waals surface area contributed by atoms with Crippen molar-refractivity contribution in [3.8, 4) is 5.75 Å². The van der Waals surface area contributed by atoms with E-state index in [-0.39, 0.29) is 16.0 Å². The molecule has 22 heavy (non-hydrogen) atoms. The van der Waals surface area contributed by atoms with Crippen molar-refractivity contribution in [3.63, 3.8) is 0 Å². The minimum Gasteiger partial charge on any atom is -0.493 e. The van der Waals surface area contributed by atoms with Gasteiger partial charge in [-0.15, -0.1) is 11.3 Å². The van der Waals surface area contributed by atoms with Crippen LogP contribution in [-0.2, 0) is 6.54 Å². The Morgan fingerprint density at radius 2 is 2.14 bits per heavy atom. The quantitative estimate of drug-likeness (QED) is 0.721. The van der Waals surface area contributed by atoms with E-state index in [0.717, 1.165) is 10.7 Å². The summed E-state index contributed by atoms with van der Waals surface area (Å²) in [7, 11) is 1.47. The molecule has 3 rings (SSSR count). The van der Waals surface area contributed by atoms with Gasteiger partial charge in [0.15, 0.2) is 5.75 Å². The van der Waals surface area contributed by atoms with Gasteiger partial charge in [0.25, 0.3) is 5.56 Å². The molecule has 0 fully saturated rings. The molecule has 0 saturated heterocycles. The first-order valence-electron chi connectivity index (χ1n) is 6.33. The van der Waals surface area contributed by atoms with Crippen molar-refractivity contribution in [2.24, 2.45) is 0 Å². The van der Waals surface area contributed by atoms with Crippen LogP contribution >= 0.6 is 34.5 Å². The van der Waals surface area contributed by atoms with Gasteiger partial charge in [-0.3, -0.25) is 9.36 Å².